The molecular weight excluding hydrogens is 412 g/mol. The van der Waals surface area contributed by atoms with E-state index in [-0.39, 0.29) is 5.82 Å². The second kappa shape index (κ2) is 7.81. The number of esters is 1. The molecule has 0 radical (unpaired) electrons. The molecular formula is C23H18N4O3S. The summed E-state index contributed by atoms with van der Waals surface area (Å²) in [6, 6.07) is 20.1. The predicted octanol–water partition coefficient (Wildman–Crippen LogP) is 3.74. The number of anilines is 1. The summed E-state index contributed by atoms with van der Waals surface area (Å²) in [4.78, 5) is 33.0. The lowest BCUT2D eigenvalue weighted by Gasteiger charge is -2.22. The van der Waals surface area contributed by atoms with E-state index in [0.29, 0.717) is 17.9 Å². The fourth-order valence-corrected chi connectivity index (χ4v) is 4.48. The Morgan fingerprint density at radius 1 is 1.03 bits per heavy atom. The van der Waals surface area contributed by atoms with Crippen LogP contribution >= 0.6 is 11.3 Å². The third kappa shape index (κ3) is 3.30. The fraction of sp³-hybridized carbons (Fsp3) is 0.130. The number of aromatic nitrogens is 3. The van der Waals surface area contributed by atoms with E-state index in [9.17, 15) is 9.59 Å². The average Bonchev–Trinajstić information content (AvgIpc) is 3.56. The number of hydrogen-bond acceptors (Lipinski definition) is 6. The van der Waals surface area contributed by atoms with Crippen LogP contribution in [0.5, 0.6) is 0 Å². The molecule has 4 aromatic rings. The number of carbonyl (C=O) groups is 2. The average molecular weight is 430 g/mol. The van der Waals surface area contributed by atoms with Crippen molar-refractivity contribution < 1.29 is 14.3 Å². The van der Waals surface area contributed by atoms with E-state index in [4.69, 9.17) is 4.74 Å². The molecule has 154 valence electrons. The molecule has 0 spiro atoms. The molecule has 0 aliphatic carbocycles. The number of fused-ring (bicyclic) bond motifs is 1. The van der Waals surface area contributed by atoms with E-state index in [1.165, 1.54) is 23.3 Å². The zero-order valence-electron chi connectivity index (χ0n) is 16.6. The number of hydrogen-bond donors (Lipinski definition) is 0. The standard InChI is InChI=1S/C23H18N4O3S/c1-30-23(29)18-14-15-8-5-6-11-17(15)26(18)22(28)20-24-21(19-12-7-13-31-19)27(25-20)16-9-3-2-4-10-16/h2-13,18H,14H2,1H3. The first-order chi connectivity index (χ1) is 15.2. The van der Waals surface area contributed by atoms with Crippen molar-refractivity contribution >= 4 is 28.9 Å². The fourth-order valence-electron chi connectivity index (χ4n) is 3.79. The topological polar surface area (TPSA) is 77.3 Å². The Kier molecular flexibility index (Phi) is 4.83. The Morgan fingerprint density at radius 2 is 1.81 bits per heavy atom. The van der Waals surface area contributed by atoms with E-state index in [1.54, 1.807) is 4.68 Å². The van der Waals surface area contributed by atoms with Gasteiger partial charge in [0.15, 0.2) is 5.82 Å². The summed E-state index contributed by atoms with van der Waals surface area (Å²) in [5, 5.41) is 6.49. The molecule has 0 fully saturated rings. The smallest absolute Gasteiger partial charge is 0.329 e. The molecule has 8 heteroatoms. The Hall–Kier alpha value is -3.78. The highest BCUT2D eigenvalue weighted by Crippen LogP contribution is 2.34. The molecule has 2 aromatic heterocycles. The maximum atomic E-state index is 13.6. The van der Waals surface area contributed by atoms with Crippen molar-refractivity contribution in [1.29, 1.82) is 0 Å². The van der Waals surface area contributed by atoms with Gasteiger partial charge < -0.3 is 4.74 Å². The zero-order chi connectivity index (χ0) is 21.4. The molecule has 0 saturated carbocycles. The van der Waals surface area contributed by atoms with Crippen molar-refractivity contribution in [3.8, 4) is 16.4 Å². The van der Waals surface area contributed by atoms with Crippen molar-refractivity contribution in [2.75, 3.05) is 12.0 Å². The van der Waals surface area contributed by atoms with Gasteiger partial charge in [0.05, 0.1) is 17.7 Å². The summed E-state index contributed by atoms with van der Waals surface area (Å²) in [5.74, 6) is -0.303. The van der Waals surface area contributed by atoms with Gasteiger partial charge in [-0.25, -0.2) is 14.5 Å². The molecule has 1 unspecified atom stereocenters. The second-order valence-corrected chi connectivity index (χ2v) is 7.98. The number of methoxy groups -OCH3 is 1. The van der Waals surface area contributed by atoms with Crippen LogP contribution in [0.15, 0.2) is 72.1 Å². The van der Waals surface area contributed by atoms with Gasteiger partial charge in [-0.05, 0) is 35.2 Å². The summed E-state index contributed by atoms with van der Waals surface area (Å²) in [7, 11) is 1.32. The van der Waals surface area contributed by atoms with Crippen LogP contribution in [0.3, 0.4) is 0 Å². The number of rotatable bonds is 4. The van der Waals surface area contributed by atoms with Gasteiger partial charge in [0.25, 0.3) is 5.91 Å². The summed E-state index contributed by atoms with van der Waals surface area (Å²) >= 11 is 1.52. The molecule has 5 rings (SSSR count). The van der Waals surface area contributed by atoms with E-state index >= 15 is 0 Å². The van der Waals surface area contributed by atoms with E-state index in [2.05, 4.69) is 10.1 Å². The molecule has 0 saturated heterocycles. The number of thiophene rings is 1. The van der Waals surface area contributed by atoms with Crippen LogP contribution in [0, 0.1) is 0 Å². The van der Waals surface area contributed by atoms with E-state index < -0.39 is 17.9 Å². The van der Waals surface area contributed by atoms with Crippen molar-refractivity contribution in [3.05, 3.63) is 83.5 Å². The Morgan fingerprint density at radius 3 is 2.55 bits per heavy atom. The number of ether oxygens (including phenoxy) is 1. The first-order valence-corrected chi connectivity index (χ1v) is 10.6. The van der Waals surface area contributed by atoms with Crippen LogP contribution in [0.2, 0.25) is 0 Å². The number of carbonyl (C=O) groups excluding carboxylic acids is 2. The van der Waals surface area contributed by atoms with Crippen LogP contribution < -0.4 is 4.90 Å². The molecule has 31 heavy (non-hydrogen) atoms. The molecule has 1 atom stereocenters. The maximum absolute atomic E-state index is 13.6. The number of amides is 1. The van der Waals surface area contributed by atoms with Crippen LogP contribution in [0.1, 0.15) is 16.2 Å². The molecule has 0 N–H and O–H groups in total. The van der Waals surface area contributed by atoms with Gasteiger partial charge in [0.2, 0.25) is 5.82 Å². The van der Waals surface area contributed by atoms with Crippen molar-refractivity contribution in [2.45, 2.75) is 12.5 Å². The summed E-state index contributed by atoms with van der Waals surface area (Å²) in [5.41, 5.74) is 2.38. The summed E-state index contributed by atoms with van der Waals surface area (Å²) in [6.07, 6.45) is 0.395. The normalized spacial score (nSPS) is 15.0. The first-order valence-electron chi connectivity index (χ1n) is 9.73. The Balaban J connectivity index is 1.61. The predicted molar refractivity (Wildman–Crippen MR) is 117 cm³/mol. The number of benzene rings is 2. The summed E-state index contributed by atoms with van der Waals surface area (Å²) < 4.78 is 6.62. The lowest BCUT2D eigenvalue weighted by Crippen LogP contribution is -2.44. The minimum Gasteiger partial charge on any atom is -0.467 e. The molecule has 1 aliphatic rings. The molecule has 2 aromatic carbocycles. The number of nitrogens with zero attached hydrogens (tertiary/aromatic N) is 4. The van der Waals surface area contributed by atoms with Crippen LogP contribution in [0.25, 0.3) is 16.4 Å². The lowest BCUT2D eigenvalue weighted by atomic mass is 10.1. The van der Waals surface area contributed by atoms with Gasteiger partial charge in [-0.15, -0.1) is 16.4 Å². The van der Waals surface area contributed by atoms with Gasteiger partial charge in [0.1, 0.15) is 6.04 Å². The largest absolute Gasteiger partial charge is 0.467 e. The second-order valence-electron chi connectivity index (χ2n) is 7.03. The van der Waals surface area contributed by atoms with Crippen LogP contribution in [-0.2, 0) is 16.0 Å². The monoisotopic (exact) mass is 430 g/mol. The zero-order valence-corrected chi connectivity index (χ0v) is 17.5. The summed E-state index contributed by atoms with van der Waals surface area (Å²) in [6.45, 7) is 0. The van der Waals surface area contributed by atoms with Gasteiger partial charge in [-0.1, -0.05) is 42.5 Å². The highest BCUT2D eigenvalue weighted by atomic mass is 32.1. The molecule has 0 bridgehead atoms. The third-order valence-corrected chi connectivity index (χ3v) is 6.07. The highest BCUT2D eigenvalue weighted by Gasteiger charge is 2.41. The lowest BCUT2D eigenvalue weighted by molar-refractivity contribution is -0.141. The SMILES string of the molecule is COC(=O)C1Cc2ccccc2N1C(=O)c1nc(-c2cccs2)n(-c2ccccc2)n1. The molecule has 7 nitrogen and oxygen atoms in total. The molecule has 1 amide bonds. The van der Waals surface area contributed by atoms with Crippen molar-refractivity contribution in [2.24, 2.45) is 0 Å². The van der Waals surface area contributed by atoms with Crippen LogP contribution in [-0.4, -0.2) is 39.8 Å². The Bertz CT molecular complexity index is 1250. The van der Waals surface area contributed by atoms with Gasteiger partial charge in [0, 0.05) is 12.1 Å². The third-order valence-electron chi connectivity index (χ3n) is 5.21. The van der Waals surface area contributed by atoms with Crippen molar-refractivity contribution in [1.82, 2.24) is 14.8 Å². The highest BCUT2D eigenvalue weighted by molar-refractivity contribution is 7.13. The van der Waals surface area contributed by atoms with Gasteiger partial charge >= 0.3 is 5.97 Å². The van der Waals surface area contributed by atoms with Crippen LogP contribution in [0.4, 0.5) is 5.69 Å². The van der Waals surface area contributed by atoms with E-state index in [1.807, 2.05) is 72.1 Å². The van der Waals surface area contributed by atoms with E-state index in [0.717, 1.165) is 16.1 Å². The van der Waals surface area contributed by atoms with Crippen molar-refractivity contribution in [3.63, 3.8) is 0 Å². The Labute approximate surface area is 182 Å². The van der Waals surface area contributed by atoms with Gasteiger partial charge in [-0.3, -0.25) is 9.69 Å². The van der Waals surface area contributed by atoms with Gasteiger partial charge in [-0.2, -0.15) is 0 Å². The maximum Gasteiger partial charge on any atom is 0.329 e. The number of para-hydroxylation sites is 2. The minimum absolute atomic E-state index is 0.0258. The minimum atomic E-state index is -0.747. The quantitative estimate of drug-likeness (QED) is 0.461. The molecule has 3 heterocycles. The first kappa shape index (κ1) is 19.2. The molecule has 1 aliphatic heterocycles.